The molecule has 1 aromatic heterocycles. The highest BCUT2D eigenvalue weighted by molar-refractivity contribution is 9.10. The quantitative estimate of drug-likeness (QED) is 0.902. The zero-order valence-electron chi connectivity index (χ0n) is 11.1. The van der Waals surface area contributed by atoms with E-state index in [-0.39, 0.29) is 0 Å². The molecule has 0 aromatic carbocycles. The highest BCUT2D eigenvalue weighted by atomic mass is 79.9. The molecule has 0 bridgehead atoms. The zero-order chi connectivity index (χ0) is 12.8. The van der Waals surface area contributed by atoms with E-state index in [0.717, 1.165) is 30.5 Å². The lowest BCUT2D eigenvalue weighted by Gasteiger charge is -2.41. The summed E-state index contributed by atoms with van der Waals surface area (Å²) in [5.41, 5.74) is 0. The molecule has 1 aromatic rings. The molecule has 1 saturated heterocycles. The lowest BCUT2D eigenvalue weighted by atomic mass is 10.0. The van der Waals surface area contributed by atoms with Crippen LogP contribution in [0.15, 0.2) is 15.9 Å². The number of thiophene rings is 1. The summed E-state index contributed by atoms with van der Waals surface area (Å²) in [5.74, 6) is 1.93. The van der Waals surface area contributed by atoms with Gasteiger partial charge in [0.25, 0.3) is 0 Å². The number of halogens is 1. The van der Waals surface area contributed by atoms with Crippen LogP contribution < -0.4 is 5.32 Å². The standard InChI is InChI=1S/C15H21BrN2S/c16-12-5-6-19-15(12)9-18-8-13(10-1-2-10)17-7-14(18)11-3-4-11/h5-6,10-11,13-14,17H,1-4,7-9H2. The molecule has 1 N–H and O–H groups in total. The first-order valence-corrected chi connectivity index (χ1v) is 9.18. The zero-order valence-corrected chi connectivity index (χ0v) is 13.5. The van der Waals surface area contributed by atoms with Gasteiger partial charge in [-0.3, -0.25) is 4.90 Å². The molecule has 2 aliphatic carbocycles. The van der Waals surface area contributed by atoms with Gasteiger partial charge in [0, 0.05) is 41.1 Å². The predicted octanol–water partition coefficient (Wildman–Crippen LogP) is 3.47. The van der Waals surface area contributed by atoms with Crippen LogP contribution in [0, 0.1) is 11.8 Å². The molecule has 0 spiro atoms. The van der Waals surface area contributed by atoms with Gasteiger partial charge in [-0.15, -0.1) is 11.3 Å². The van der Waals surface area contributed by atoms with Crippen LogP contribution in [-0.4, -0.2) is 30.1 Å². The summed E-state index contributed by atoms with van der Waals surface area (Å²) in [6.07, 6.45) is 5.79. The molecule has 19 heavy (non-hydrogen) atoms. The van der Waals surface area contributed by atoms with Gasteiger partial charge < -0.3 is 5.32 Å². The smallest absolute Gasteiger partial charge is 0.0343 e. The number of hydrogen-bond acceptors (Lipinski definition) is 3. The van der Waals surface area contributed by atoms with E-state index in [2.05, 4.69) is 37.6 Å². The van der Waals surface area contributed by atoms with E-state index >= 15 is 0 Å². The Morgan fingerprint density at radius 2 is 2.05 bits per heavy atom. The van der Waals surface area contributed by atoms with Crippen molar-refractivity contribution in [1.29, 1.82) is 0 Å². The minimum absolute atomic E-state index is 0.758. The Bertz CT molecular complexity index is 453. The summed E-state index contributed by atoms with van der Waals surface area (Å²) < 4.78 is 1.30. The largest absolute Gasteiger partial charge is 0.311 e. The maximum Gasteiger partial charge on any atom is 0.0343 e. The Balaban J connectivity index is 1.48. The van der Waals surface area contributed by atoms with Crippen molar-refractivity contribution in [2.24, 2.45) is 11.8 Å². The molecular formula is C15H21BrN2S. The van der Waals surface area contributed by atoms with Gasteiger partial charge in [0.1, 0.15) is 0 Å². The predicted molar refractivity (Wildman–Crippen MR) is 83.5 cm³/mol. The van der Waals surface area contributed by atoms with Crippen molar-refractivity contribution in [3.63, 3.8) is 0 Å². The second-order valence-corrected chi connectivity index (χ2v) is 8.23. The van der Waals surface area contributed by atoms with Crippen molar-refractivity contribution in [3.8, 4) is 0 Å². The molecule has 0 amide bonds. The second-order valence-electron chi connectivity index (χ2n) is 6.38. The van der Waals surface area contributed by atoms with Gasteiger partial charge in [0.2, 0.25) is 0 Å². The molecule has 2 atom stereocenters. The van der Waals surface area contributed by atoms with Gasteiger partial charge in [0.05, 0.1) is 0 Å². The fourth-order valence-corrected chi connectivity index (χ4v) is 4.92. The van der Waals surface area contributed by atoms with Crippen molar-refractivity contribution in [3.05, 3.63) is 20.8 Å². The van der Waals surface area contributed by atoms with E-state index in [4.69, 9.17) is 0 Å². The first kappa shape index (κ1) is 12.8. The van der Waals surface area contributed by atoms with Crippen molar-refractivity contribution in [2.75, 3.05) is 13.1 Å². The van der Waals surface area contributed by atoms with Gasteiger partial charge in [-0.05, 0) is 64.9 Å². The molecule has 2 saturated carbocycles. The molecule has 3 aliphatic rings. The molecule has 2 heterocycles. The number of rotatable bonds is 4. The van der Waals surface area contributed by atoms with Crippen LogP contribution >= 0.6 is 27.3 Å². The Labute approximate surface area is 127 Å². The average molecular weight is 341 g/mol. The highest BCUT2D eigenvalue weighted by Gasteiger charge is 2.42. The fourth-order valence-electron chi connectivity index (χ4n) is 3.42. The van der Waals surface area contributed by atoms with Crippen LogP contribution in [0.4, 0.5) is 0 Å². The van der Waals surface area contributed by atoms with Gasteiger partial charge in [-0.25, -0.2) is 0 Å². The molecular weight excluding hydrogens is 320 g/mol. The minimum Gasteiger partial charge on any atom is -0.311 e. The maximum atomic E-state index is 3.83. The topological polar surface area (TPSA) is 15.3 Å². The van der Waals surface area contributed by atoms with Gasteiger partial charge in [0.15, 0.2) is 0 Å². The summed E-state index contributed by atoms with van der Waals surface area (Å²) in [5, 5.41) is 6.03. The van der Waals surface area contributed by atoms with E-state index in [1.54, 1.807) is 0 Å². The lowest BCUT2D eigenvalue weighted by molar-refractivity contribution is 0.101. The van der Waals surface area contributed by atoms with Crippen molar-refractivity contribution in [2.45, 2.75) is 44.3 Å². The van der Waals surface area contributed by atoms with Crippen LogP contribution in [0.3, 0.4) is 0 Å². The summed E-state index contributed by atoms with van der Waals surface area (Å²) in [7, 11) is 0. The Morgan fingerprint density at radius 3 is 2.68 bits per heavy atom. The summed E-state index contributed by atoms with van der Waals surface area (Å²) in [6.45, 7) is 3.62. The third kappa shape index (κ3) is 2.78. The van der Waals surface area contributed by atoms with Gasteiger partial charge in [-0.2, -0.15) is 0 Å². The Kier molecular flexibility index (Phi) is 3.46. The van der Waals surface area contributed by atoms with Crippen molar-refractivity contribution < 1.29 is 0 Å². The fraction of sp³-hybridized carbons (Fsp3) is 0.733. The number of hydrogen-bond donors (Lipinski definition) is 1. The molecule has 0 radical (unpaired) electrons. The SMILES string of the molecule is Brc1ccsc1CN1CC(C2CC2)NCC1C1CC1. The van der Waals surface area contributed by atoms with Crippen LogP contribution in [0.5, 0.6) is 0 Å². The summed E-state index contributed by atoms with van der Waals surface area (Å²) in [4.78, 5) is 4.27. The highest BCUT2D eigenvalue weighted by Crippen LogP contribution is 2.40. The Morgan fingerprint density at radius 1 is 1.26 bits per heavy atom. The molecule has 4 heteroatoms. The third-order valence-corrected chi connectivity index (χ3v) is 6.80. The summed E-state index contributed by atoms with van der Waals surface area (Å²) >= 11 is 5.58. The van der Waals surface area contributed by atoms with Crippen molar-refractivity contribution in [1.82, 2.24) is 10.2 Å². The molecule has 104 valence electrons. The third-order valence-electron chi connectivity index (χ3n) is 4.88. The second kappa shape index (κ2) is 5.14. The first-order chi connectivity index (χ1) is 9.31. The normalized spacial score (nSPS) is 32.7. The van der Waals surface area contributed by atoms with E-state index in [0.29, 0.717) is 0 Å². The monoisotopic (exact) mass is 340 g/mol. The van der Waals surface area contributed by atoms with Crippen LogP contribution in [0.25, 0.3) is 0 Å². The molecule has 1 aliphatic heterocycles. The molecule has 2 nitrogen and oxygen atoms in total. The van der Waals surface area contributed by atoms with Crippen LogP contribution in [0.1, 0.15) is 30.6 Å². The van der Waals surface area contributed by atoms with E-state index in [1.165, 1.54) is 48.1 Å². The van der Waals surface area contributed by atoms with Crippen LogP contribution in [-0.2, 0) is 6.54 Å². The first-order valence-electron chi connectivity index (χ1n) is 7.50. The van der Waals surface area contributed by atoms with E-state index < -0.39 is 0 Å². The maximum absolute atomic E-state index is 3.83. The summed E-state index contributed by atoms with van der Waals surface area (Å²) in [6, 6.07) is 3.73. The number of nitrogens with zero attached hydrogens (tertiary/aromatic N) is 1. The number of nitrogens with one attached hydrogen (secondary N) is 1. The van der Waals surface area contributed by atoms with E-state index in [9.17, 15) is 0 Å². The van der Waals surface area contributed by atoms with E-state index in [1.807, 2.05) is 11.3 Å². The molecule has 4 rings (SSSR count). The lowest BCUT2D eigenvalue weighted by Crippen LogP contribution is -2.57. The minimum atomic E-state index is 0.758. The van der Waals surface area contributed by atoms with Crippen molar-refractivity contribution >= 4 is 27.3 Å². The van der Waals surface area contributed by atoms with Gasteiger partial charge in [-0.1, -0.05) is 0 Å². The van der Waals surface area contributed by atoms with Gasteiger partial charge >= 0.3 is 0 Å². The number of piperazine rings is 1. The average Bonchev–Trinajstić information content (AvgIpc) is 3.30. The van der Waals surface area contributed by atoms with Crippen LogP contribution in [0.2, 0.25) is 0 Å². The molecule has 2 unspecified atom stereocenters. The Hall–Kier alpha value is 0.1000. The molecule has 3 fully saturated rings.